The second kappa shape index (κ2) is 6.86. The van der Waals surface area contributed by atoms with Gasteiger partial charge in [0.15, 0.2) is 5.82 Å². The molecule has 0 fully saturated rings. The van der Waals surface area contributed by atoms with Crippen LogP contribution >= 0.6 is 0 Å². The highest BCUT2D eigenvalue weighted by molar-refractivity contribution is 5.93. The summed E-state index contributed by atoms with van der Waals surface area (Å²) in [6.07, 6.45) is 1.20. The summed E-state index contributed by atoms with van der Waals surface area (Å²) in [4.78, 5) is 15.4. The van der Waals surface area contributed by atoms with Crippen molar-refractivity contribution in [2.75, 3.05) is 0 Å². The van der Waals surface area contributed by atoms with Gasteiger partial charge in [0.05, 0.1) is 5.56 Å². The predicted octanol–water partition coefficient (Wildman–Crippen LogP) is 1.71. The van der Waals surface area contributed by atoms with Crippen molar-refractivity contribution in [2.24, 2.45) is 0 Å². The minimum atomic E-state index is -0.621. The fourth-order valence-electron chi connectivity index (χ4n) is 1.96. The highest BCUT2D eigenvalue weighted by Gasteiger charge is 2.07. The summed E-state index contributed by atoms with van der Waals surface area (Å²) in [5.74, 6) is 0.00762. The van der Waals surface area contributed by atoms with Gasteiger partial charge in [-0.25, -0.2) is 4.98 Å². The number of hydrogen-bond acceptors (Lipinski definition) is 6. The van der Waals surface area contributed by atoms with Crippen LogP contribution in [0.1, 0.15) is 21.7 Å². The first kappa shape index (κ1) is 15.6. The Morgan fingerprint density at radius 1 is 1.04 bits per heavy atom. The molecule has 2 aromatic heterocycles. The summed E-state index contributed by atoms with van der Waals surface area (Å²) in [6, 6.07) is 9.89. The Morgan fingerprint density at radius 2 is 1.75 bits per heavy atom. The lowest BCUT2D eigenvalue weighted by Crippen LogP contribution is -2.22. The van der Waals surface area contributed by atoms with E-state index in [9.17, 15) is 9.18 Å². The number of aromatic nitrogens is 5. The summed E-state index contributed by atoms with van der Waals surface area (Å²) >= 11 is 0. The van der Waals surface area contributed by atoms with Gasteiger partial charge < -0.3 is 5.32 Å². The molecule has 7 nitrogen and oxygen atoms in total. The van der Waals surface area contributed by atoms with Crippen LogP contribution in [0.5, 0.6) is 0 Å². The van der Waals surface area contributed by atoms with E-state index in [-0.39, 0.29) is 5.91 Å². The molecule has 120 valence electrons. The Kier molecular flexibility index (Phi) is 4.46. The molecule has 1 N–H and O–H groups in total. The predicted molar refractivity (Wildman–Crippen MR) is 83.2 cm³/mol. The molecule has 0 aliphatic rings. The van der Waals surface area contributed by atoms with Gasteiger partial charge in [-0.2, -0.15) is 4.39 Å². The van der Waals surface area contributed by atoms with E-state index in [0.717, 1.165) is 17.2 Å². The minimum Gasteiger partial charge on any atom is -0.348 e. The zero-order chi connectivity index (χ0) is 16.9. The average molecular weight is 324 g/mol. The first-order chi connectivity index (χ1) is 11.6. The third kappa shape index (κ3) is 3.72. The van der Waals surface area contributed by atoms with Crippen LogP contribution in [0, 0.1) is 12.9 Å². The zero-order valence-corrected chi connectivity index (χ0v) is 12.8. The molecule has 0 saturated carbocycles. The molecule has 0 bridgehead atoms. The molecule has 0 aliphatic heterocycles. The van der Waals surface area contributed by atoms with E-state index in [4.69, 9.17) is 0 Å². The number of nitrogens with one attached hydrogen (secondary N) is 1. The van der Waals surface area contributed by atoms with Crippen molar-refractivity contribution in [3.05, 3.63) is 65.5 Å². The van der Waals surface area contributed by atoms with Crippen molar-refractivity contribution in [3.8, 4) is 11.4 Å². The Hall–Kier alpha value is -3.29. The number of nitrogens with zero attached hydrogens (tertiary/aromatic N) is 5. The van der Waals surface area contributed by atoms with Crippen LogP contribution in [0.25, 0.3) is 11.4 Å². The number of carbonyl (C=O) groups excluding carboxylic acids is 1. The molecule has 2 heterocycles. The topological polar surface area (TPSA) is 93.6 Å². The standard InChI is InChI=1S/C16H13FN6O/c1-10-20-22-15(23-21-10)12-4-2-11(3-5-12)8-19-16(24)13-6-7-14(17)18-9-13/h2-7,9H,8H2,1H3,(H,19,24). The largest absolute Gasteiger partial charge is 0.348 e. The molecule has 0 unspecified atom stereocenters. The van der Waals surface area contributed by atoms with Gasteiger partial charge in [0.25, 0.3) is 5.91 Å². The molecule has 1 aromatic carbocycles. The summed E-state index contributed by atoms with van der Waals surface area (Å²) < 4.78 is 12.7. The van der Waals surface area contributed by atoms with Gasteiger partial charge in [-0.05, 0) is 24.6 Å². The first-order valence-electron chi connectivity index (χ1n) is 7.15. The number of halogens is 1. The van der Waals surface area contributed by atoms with Crippen LogP contribution in [-0.4, -0.2) is 31.3 Å². The van der Waals surface area contributed by atoms with Crippen LogP contribution < -0.4 is 5.32 Å². The molecular formula is C16H13FN6O. The molecule has 0 atom stereocenters. The Bertz CT molecular complexity index is 834. The Morgan fingerprint density at radius 3 is 2.38 bits per heavy atom. The van der Waals surface area contributed by atoms with Gasteiger partial charge in [0.2, 0.25) is 11.8 Å². The molecular weight excluding hydrogens is 311 g/mol. The van der Waals surface area contributed by atoms with Crippen molar-refractivity contribution >= 4 is 5.91 Å². The number of carbonyl (C=O) groups is 1. The second-order valence-electron chi connectivity index (χ2n) is 5.02. The lowest BCUT2D eigenvalue weighted by atomic mass is 10.1. The highest BCUT2D eigenvalue weighted by atomic mass is 19.1. The van der Waals surface area contributed by atoms with Crippen LogP contribution in [0.3, 0.4) is 0 Å². The van der Waals surface area contributed by atoms with Crippen LogP contribution in [0.15, 0.2) is 42.6 Å². The van der Waals surface area contributed by atoms with E-state index in [2.05, 4.69) is 30.7 Å². The zero-order valence-electron chi connectivity index (χ0n) is 12.8. The van der Waals surface area contributed by atoms with E-state index in [1.807, 2.05) is 24.3 Å². The number of rotatable bonds is 4. The van der Waals surface area contributed by atoms with E-state index in [1.165, 1.54) is 12.3 Å². The molecule has 8 heteroatoms. The van der Waals surface area contributed by atoms with E-state index >= 15 is 0 Å². The van der Waals surface area contributed by atoms with E-state index in [0.29, 0.717) is 23.8 Å². The molecule has 3 aromatic rings. The Balaban J connectivity index is 1.63. The molecule has 0 spiro atoms. The molecule has 3 rings (SSSR count). The van der Waals surface area contributed by atoms with Crippen LogP contribution in [0.4, 0.5) is 4.39 Å². The number of amides is 1. The molecule has 1 amide bonds. The van der Waals surface area contributed by atoms with Crippen molar-refractivity contribution in [1.82, 2.24) is 30.7 Å². The fraction of sp³-hybridized carbons (Fsp3) is 0.125. The third-order valence-electron chi connectivity index (χ3n) is 3.23. The van der Waals surface area contributed by atoms with Gasteiger partial charge in [0, 0.05) is 18.3 Å². The van der Waals surface area contributed by atoms with Crippen molar-refractivity contribution in [3.63, 3.8) is 0 Å². The molecule has 0 saturated heterocycles. The quantitative estimate of drug-likeness (QED) is 0.734. The molecule has 0 aliphatic carbocycles. The molecule has 0 radical (unpaired) electrons. The number of hydrogen-bond donors (Lipinski definition) is 1. The maximum Gasteiger partial charge on any atom is 0.253 e. The highest BCUT2D eigenvalue weighted by Crippen LogP contribution is 2.14. The van der Waals surface area contributed by atoms with E-state index < -0.39 is 5.95 Å². The second-order valence-corrected chi connectivity index (χ2v) is 5.02. The summed E-state index contributed by atoms with van der Waals surface area (Å²) in [5.41, 5.74) is 1.99. The fourth-order valence-corrected chi connectivity index (χ4v) is 1.96. The van der Waals surface area contributed by atoms with Gasteiger partial charge in [-0.3, -0.25) is 4.79 Å². The number of benzene rings is 1. The monoisotopic (exact) mass is 324 g/mol. The SMILES string of the molecule is Cc1nnc(-c2ccc(CNC(=O)c3ccc(F)nc3)cc2)nn1. The van der Waals surface area contributed by atoms with E-state index in [1.54, 1.807) is 6.92 Å². The van der Waals surface area contributed by atoms with Crippen LogP contribution in [0.2, 0.25) is 0 Å². The average Bonchev–Trinajstić information content (AvgIpc) is 2.61. The first-order valence-corrected chi connectivity index (χ1v) is 7.15. The smallest absolute Gasteiger partial charge is 0.253 e. The summed E-state index contributed by atoms with van der Waals surface area (Å²) in [7, 11) is 0. The Labute approximate surface area is 137 Å². The van der Waals surface area contributed by atoms with Crippen LogP contribution in [-0.2, 0) is 6.54 Å². The van der Waals surface area contributed by atoms with Gasteiger partial charge >= 0.3 is 0 Å². The minimum absolute atomic E-state index is 0.304. The van der Waals surface area contributed by atoms with Crippen molar-refractivity contribution in [1.29, 1.82) is 0 Å². The number of aryl methyl sites for hydroxylation is 1. The van der Waals surface area contributed by atoms with Gasteiger partial charge in [-0.15, -0.1) is 20.4 Å². The van der Waals surface area contributed by atoms with Crippen molar-refractivity contribution < 1.29 is 9.18 Å². The lowest BCUT2D eigenvalue weighted by Gasteiger charge is -2.06. The van der Waals surface area contributed by atoms with Gasteiger partial charge in [-0.1, -0.05) is 24.3 Å². The summed E-state index contributed by atoms with van der Waals surface area (Å²) in [5, 5.41) is 18.4. The number of pyridine rings is 1. The normalized spacial score (nSPS) is 10.4. The molecule has 24 heavy (non-hydrogen) atoms. The van der Waals surface area contributed by atoms with Crippen molar-refractivity contribution in [2.45, 2.75) is 13.5 Å². The van der Waals surface area contributed by atoms with Gasteiger partial charge in [0.1, 0.15) is 0 Å². The summed E-state index contributed by atoms with van der Waals surface area (Å²) in [6.45, 7) is 2.05. The third-order valence-corrected chi connectivity index (χ3v) is 3.23. The maximum atomic E-state index is 12.7. The maximum absolute atomic E-state index is 12.7. The lowest BCUT2D eigenvalue weighted by molar-refractivity contribution is 0.0950.